The minimum absolute atomic E-state index is 0.00361. The minimum atomic E-state index is -0.462. The summed E-state index contributed by atoms with van der Waals surface area (Å²) in [5.41, 5.74) is 0. The lowest BCUT2D eigenvalue weighted by Gasteiger charge is -2.08. The zero-order chi connectivity index (χ0) is 10.4. The molecule has 0 aliphatic carbocycles. The molecule has 0 aromatic rings. The monoisotopic (exact) mass is 186 g/mol. The van der Waals surface area contributed by atoms with Crippen LogP contribution in [0.25, 0.3) is 0 Å². The van der Waals surface area contributed by atoms with Gasteiger partial charge in [-0.3, -0.25) is 9.59 Å². The standard InChI is InChI=1S/C10H18O3/c1-7(2)5-9(11)6-10(12)8(3)13-4/h7-8H,5-6H2,1-4H3. The van der Waals surface area contributed by atoms with Crippen molar-refractivity contribution in [2.45, 2.75) is 39.7 Å². The molecule has 3 nitrogen and oxygen atoms in total. The fourth-order valence-corrected chi connectivity index (χ4v) is 0.997. The molecule has 0 saturated heterocycles. The van der Waals surface area contributed by atoms with E-state index < -0.39 is 6.10 Å². The highest BCUT2D eigenvalue weighted by Crippen LogP contribution is 2.05. The van der Waals surface area contributed by atoms with E-state index in [-0.39, 0.29) is 18.0 Å². The molecule has 0 N–H and O–H groups in total. The van der Waals surface area contributed by atoms with Crippen LogP contribution in [0.4, 0.5) is 0 Å². The Morgan fingerprint density at radius 1 is 1.23 bits per heavy atom. The minimum Gasteiger partial charge on any atom is -0.374 e. The Hall–Kier alpha value is -0.700. The third-order valence-electron chi connectivity index (χ3n) is 1.81. The van der Waals surface area contributed by atoms with Crippen molar-refractivity contribution in [3.05, 3.63) is 0 Å². The number of ether oxygens (including phenoxy) is 1. The van der Waals surface area contributed by atoms with E-state index in [1.54, 1.807) is 6.92 Å². The zero-order valence-corrected chi connectivity index (χ0v) is 8.79. The van der Waals surface area contributed by atoms with Gasteiger partial charge in [-0.15, -0.1) is 0 Å². The molecule has 13 heavy (non-hydrogen) atoms. The van der Waals surface area contributed by atoms with Crippen LogP contribution < -0.4 is 0 Å². The van der Waals surface area contributed by atoms with Crippen molar-refractivity contribution in [1.29, 1.82) is 0 Å². The van der Waals surface area contributed by atoms with Gasteiger partial charge in [-0.1, -0.05) is 13.8 Å². The van der Waals surface area contributed by atoms with E-state index in [4.69, 9.17) is 4.74 Å². The molecule has 0 amide bonds. The average molecular weight is 186 g/mol. The molecule has 0 aliphatic heterocycles. The molecule has 0 aromatic carbocycles. The molecule has 0 rings (SSSR count). The number of methoxy groups -OCH3 is 1. The van der Waals surface area contributed by atoms with Crippen molar-refractivity contribution in [3.63, 3.8) is 0 Å². The first-order valence-corrected chi connectivity index (χ1v) is 4.54. The number of ketones is 2. The van der Waals surface area contributed by atoms with Crippen LogP contribution in [0.1, 0.15) is 33.6 Å². The van der Waals surface area contributed by atoms with Gasteiger partial charge in [-0.25, -0.2) is 0 Å². The fourth-order valence-electron chi connectivity index (χ4n) is 0.997. The Bertz CT molecular complexity index is 185. The molecular formula is C10H18O3. The molecule has 0 saturated carbocycles. The molecule has 0 heterocycles. The maximum Gasteiger partial charge on any atom is 0.168 e. The Balaban J connectivity index is 3.85. The van der Waals surface area contributed by atoms with Crippen molar-refractivity contribution >= 4 is 11.6 Å². The Morgan fingerprint density at radius 2 is 1.77 bits per heavy atom. The van der Waals surface area contributed by atoms with Crippen molar-refractivity contribution < 1.29 is 14.3 Å². The fraction of sp³-hybridized carbons (Fsp3) is 0.800. The van der Waals surface area contributed by atoms with Gasteiger partial charge in [0.1, 0.15) is 11.9 Å². The van der Waals surface area contributed by atoms with E-state index in [1.807, 2.05) is 13.8 Å². The predicted molar refractivity (Wildman–Crippen MR) is 50.6 cm³/mol. The first kappa shape index (κ1) is 12.3. The summed E-state index contributed by atoms with van der Waals surface area (Å²) >= 11 is 0. The number of rotatable bonds is 6. The van der Waals surface area contributed by atoms with Crippen molar-refractivity contribution in [2.24, 2.45) is 5.92 Å². The zero-order valence-electron chi connectivity index (χ0n) is 8.79. The third kappa shape index (κ3) is 5.53. The summed E-state index contributed by atoms with van der Waals surface area (Å²) in [6.45, 7) is 5.58. The molecule has 3 heteroatoms. The molecule has 0 aromatic heterocycles. The van der Waals surface area contributed by atoms with Gasteiger partial charge in [0.15, 0.2) is 5.78 Å². The van der Waals surface area contributed by atoms with Crippen LogP contribution in [0.2, 0.25) is 0 Å². The second-order valence-corrected chi connectivity index (χ2v) is 3.66. The maximum absolute atomic E-state index is 11.2. The lowest BCUT2D eigenvalue weighted by molar-refractivity contribution is -0.133. The van der Waals surface area contributed by atoms with E-state index in [9.17, 15) is 9.59 Å². The number of Topliss-reactive ketones (excluding diaryl/α,β-unsaturated/α-hetero) is 2. The second kappa shape index (κ2) is 5.86. The molecule has 0 radical (unpaired) electrons. The second-order valence-electron chi connectivity index (χ2n) is 3.66. The van der Waals surface area contributed by atoms with Gasteiger partial charge in [0.2, 0.25) is 0 Å². The van der Waals surface area contributed by atoms with Crippen LogP contribution in [0.5, 0.6) is 0 Å². The van der Waals surface area contributed by atoms with E-state index in [1.165, 1.54) is 7.11 Å². The number of hydrogen-bond acceptors (Lipinski definition) is 3. The van der Waals surface area contributed by atoms with E-state index in [2.05, 4.69) is 0 Å². The van der Waals surface area contributed by atoms with Gasteiger partial charge in [0.25, 0.3) is 0 Å². The lowest BCUT2D eigenvalue weighted by atomic mass is 10.0. The van der Waals surface area contributed by atoms with Crippen molar-refractivity contribution in [3.8, 4) is 0 Å². The predicted octanol–water partition coefficient (Wildman–Crippen LogP) is 1.60. The molecule has 76 valence electrons. The summed E-state index contributed by atoms with van der Waals surface area (Å²) in [5.74, 6) is 0.190. The van der Waals surface area contributed by atoms with Gasteiger partial charge in [-0.2, -0.15) is 0 Å². The van der Waals surface area contributed by atoms with Gasteiger partial charge in [0, 0.05) is 13.5 Å². The Labute approximate surface area is 79.5 Å². The van der Waals surface area contributed by atoms with Crippen LogP contribution in [-0.2, 0) is 14.3 Å². The Morgan fingerprint density at radius 3 is 2.15 bits per heavy atom. The maximum atomic E-state index is 11.2. The quantitative estimate of drug-likeness (QED) is 0.592. The summed E-state index contributed by atoms with van der Waals surface area (Å²) < 4.78 is 4.82. The summed E-state index contributed by atoms with van der Waals surface area (Å²) in [6, 6.07) is 0. The molecule has 0 fully saturated rings. The van der Waals surface area contributed by atoms with Gasteiger partial charge >= 0.3 is 0 Å². The van der Waals surface area contributed by atoms with Crippen LogP contribution in [0.15, 0.2) is 0 Å². The average Bonchev–Trinajstić information content (AvgIpc) is 2.01. The van der Waals surface area contributed by atoms with Gasteiger partial charge in [0.05, 0.1) is 6.42 Å². The third-order valence-corrected chi connectivity index (χ3v) is 1.81. The molecule has 0 aliphatic rings. The van der Waals surface area contributed by atoms with E-state index in [0.717, 1.165) is 0 Å². The Kier molecular flexibility index (Phi) is 5.55. The number of carbonyl (C=O) groups is 2. The summed E-state index contributed by atoms with van der Waals surface area (Å²) in [7, 11) is 1.47. The van der Waals surface area contributed by atoms with Crippen LogP contribution in [0, 0.1) is 5.92 Å². The topological polar surface area (TPSA) is 43.4 Å². The summed E-state index contributed by atoms with van der Waals surface area (Å²) in [4.78, 5) is 22.4. The largest absolute Gasteiger partial charge is 0.374 e. The van der Waals surface area contributed by atoms with E-state index >= 15 is 0 Å². The summed E-state index contributed by atoms with van der Waals surface area (Å²) in [6.07, 6.45) is 0.0196. The normalized spacial score (nSPS) is 13.0. The molecular weight excluding hydrogens is 168 g/mol. The van der Waals surface area contributed by atoms with Crippen molar-refractivity contribution in [2.75, 3.05) is 7.11 Å². The summed E-state index contributed by atoms with van der Waals surface area (Å²) in [5, 5.41) is 0. The first-order chi connectivity index (χ1) is 5.97. The van der Waals surface area contributed by atoms with Gasteiger partial charge in [-0.05, 0) is 12.8 Å². The van der Waals surface area contributed by atoms with Crippen LogP contribution >= 0.6 is 0 Å². The molecule has 0 spiro atoms. The number of hydrogen-bond donors (Lipinski definition) is 0. The van der Waals surface area contributed by atoms with Crippen LogP contribution in [-0.4, -0.2) is 24.8 Å². The van der Waals surface area contributed by atoms with Crippen molar-refractivity contribution in [1.82, 2.24) is 0 Å². The first-order valence-electron chi connectivity index (χ1n) is 4.54. The number of carbonyl (C=O) groups excluding carboxylic acids is 2. The van der Waals surface area contributed by atoms with Gasteiger partial charge < -0.3 is 4.74 Å². The SMILES string of the molecule is COC(C)C(=O)CC(=O)CC(C)C. The van der Waals surface area contributed by atoms with Crippen LogP contribution in [0.3, 0.4) is 0 Å². The lowest BCUT2D eigenvalue weighted by Crippen LogP contribution is -2.22. The molecule has 0 bridgehead atoms. The molecule has 1 atom stereocenters. The molecule has 1 unspecified atom stereocenters. The highest BCUT2D eigenvalue weighted by molar-refractivity contribution is 6.00. The highest BCUT2D eigenvalue weighted by Gasteiger charge is 2.16. The smallest absolute Gasteiger partial charge is 0.168 e. The van der Waals surface area contributed by atoms with E-state index in [0.29, 0.717) is 12.3 Å². The highest BCUT2D eigenvalue weighted by atomic mass is 16.5.